The zero-order valence-electron chi connectivity index (χ0n) is 18.4. The van der Waals surface area contributed by atoms with E-state index in [9.17, 15) is 4.79 Å². The molecule has 0 aliphatic carbocycles. The van der Waals surface area contributed by atoms with Crippen LogP contribution in [0.15, 0.2) is 48.1 Å². The summed E-state index contributed by atoms with van der Waals surface area (Å²) in [5, 5.41) is 10.1. The highest BCUT2D eigenvalue weighted by molar-refractivity contribution is 7.13. The van der Waals surface area contributed by atoms with Gasteiger partial charge in [-0.15, -0.1) is 11.3 Å². The average Bonchev–Trinajstić information content (AvgIpc) is 3.42. The largest absolute Gasteiger partial charge is 0.373 e. The number of amides is 1. The lowest BCUT2D eigenvalue weighted by molar-refractivity contribution is -0.0948. The van der Waals surface area contributed by atoms with Crippen LogP contribution in [0.3, 0.4) is 0 Å². The van der Waals surface area contributed by atoms with E-state index in [1.807, 2.05) is 41.2 Å². The molecular formula is C23H29N5O2S. The molecule has 0 spiro atoms. The molecule has 31 heavy (non-hydrogen) atoms. The van der Waals surface area contributed by atoms with E-state index in [0.29, 0.717) is 12.2 Å². The summed E-state index contributed by atoms with van der Waals surface area (Å²) in [5.41, 5.74) is 2.14. The number of hydrogen-bond acceptors (Lipinski definition) is 6. The third kappa shape index (κ3) is 5.03. The first-order chi connectivity index (χ1) is 14.8. The molecule has 1 fully saturated rings. The fourth-order valence-corrected chi connectivity index (χ4v) is 4.61. The Kier molecular flexibility index (Phi) is 6.22. The van der Waals surface area contributed by atoms with E-state index in [1.165, 1.54) is 11.3 Å². The van der Waals surface area contributed by atoms with Crippen LogP contribution < -0.4 is 5.32 Å². The highest BCUT2D eigenvalue weighted by Gasteiger charge is 2.33. The van der Waals surface area contributed by atoms with Gasteiger partial charge in [0.2, 0.25) is 0 Å². The van der Waals surface area contributed by atoms with Gasteiger partial charge in [-0.05, 0) is 39.8 Å². The first kappa shape index (κ1) is 21.7. The monoisotopic (exact) mass is 439 g/mol. The van der Waals surface area contributed by atoms with Gasteiger partial charge in [-0.2, -0.15) is 5.10 Å². The second kappa shape index (κ2) is 8.90. The molecule has 8 heteroatoms. The van der Waals surface area contributed by atoms with Crippen molar-refractivity contribution >= 4 is 17.2 Å². The predicted molar refractivity (Wildman–Crippen MR) is 123 cm³/mol. The minimum Gasteiger partial charge on any atom is -0.373 e. The lowest BCUT2D eigenvalue weighted by atomic mass is 10.00. The van der Waals surface area contributed by atoms with Gasteiger partial charge >= 0.3 is 0 Å². The Labute approximate surface area is 187 Å². The van der Waals surface area contributed by atoms with Crippen molar-refractivity contribution in [1.29, 1.82) is 0 Å². The molecule has 164 valence electrons. The predicted octanol–water partition coefficient (Wildman–Crippen LogP) is 3.61. The van der Waals surface area contributed by atoms with Crippen LogP contribution >= 0.6 is 11.3 Å². The molecule has 2 unspecified atom stereocenters. The molecule has 7 nitrogen and oxygen atoms in total. The number of thiazole rings is 1. The molecule has 1 saturated heterocycles. The Bertz CT molecular complexity index is 1020. The molecule has 0 bridgehead atoms. The van der Waals surface area contributed by atoms with E-state index in [0.717, 1.165) is 29.3 Å². The Morgan fingerprint density at radius 3 is 2.65 bits per heavy atom. The van der Waals surface area contributed by atoms with Crippen molar-refractivity contribution in [2.75, 3.05) is 19.6 Å². The summed E-state index contributed by atoms with van der Waals surface area (Å²) in [7, 11) is 0. The van der Waals surface area contributed by atoms with Crippen LogP contribution in [0.4, 0.5) is 0 Å². The van der Waals surface area contributed by atoms with Crippen molar-refractivity contribution in [3.05, 3.63) is 53.8 Å². The maximum Gasteiger partial charge on any atom is 0.270 e. The number of nitrogens with zero attached hydrogens (tertiary/aromatic N) is 4. The van der Waals surface area contributed by atoms with Crippen LogP contribution in [-0.2, 0) is 4.74 Å². The molecule has 2 aromatic heterocycles. The highest BCUT2D eigenvalue weighted by atomic mass is 32.1. The molecule has 1 aliphatic rings. The number of ether oxygens (including phenoxy) is 1. The number of morpholine rings is 1. The molecule has 1 aromatic carbocycles. The standard InChI is InChI=1S/C23H29N5O2S/c1-16-11-27(12-17(2)30-16)23(3,4)15-24-21(29)20-14-31-22(26-20)18-10-25-28(13-18)19-8-6-5-7-9-19/h5-10,13-14,16-17H,11-12,15H2,1-4H3,(H,24,29). The topological polar surface area (TPSA) is 72.3 Å². The van der Waals surface area contributed by atoms with Crippen molar-refractivity contribution in [3.63, 3.8) is 0 Å². The molecule has 1 aliphatic heterocycles. The molecule has 1 N–H and O–H groups in total. The van der Waals surface area contributed by atoms with Crippen LogP contribution in [0.2, 0.25) is 0 Å². The lowest BCUT2D eigenvalue weighted by Gasteiger charge is -2.45. The Hall–Kier alpha value is -2.55. The normalized spacial score (nSPS) is 20.0. The quantitative estimate of drug-likeness (QED) is 0.635. The molecule has 4 rings (SSSR count). The van der Waals surface area contributed by atoms with E-state index in [1.54, 1.807) is 11.6 Å². The van der Waals surface area contributed by atoms with Gasteiger partial charge in [0, 0.05) is 42.3 Å². The minimum atomic E-state index is -0.169. The summed E-state index contributed by atoms with van der Waals surface area (Å²) in [6.07, 6.45) is 4.09. The number of para-hydroxylation sites is 1. The SMILES string of the molecule is CC1CN(C(C)(C)CNC(=O)c2csc(-c3cnn(-c4ccccc4)c3)n2)CC(C)O1. The number of rotatable bonds is 6. The van der Waals surface area contributed by atoms with Crippen molar-refractivity contribution in [2.45, 2.75) is 45.4 Å². The number of hydrogen-bond donors (Lipinski definition) is 1. The van der Waals surface area contributed by atoms with Crippen LogP contribution in [0.25, 0.3) is 16.3 Å². The first-order valence-corrected chi connectivity index (χ1v) is 11.4. The summed E-state index contributed by atoms with van der Waals surface area (Å²) in [6, 6.07) is 9.91. The number of benzene rings is 1. The third-order valence-corrected chi connectivity index (χ3v) is 6.44. The van der Waals surface area contributed by atoms with E-state index in [4.69, 9.17) is 4.74 Å². The molecular weight excluding hydrogens is 410 g/mol. The van der Waals surface area contributed by atoms with E-state index < -0.39 is 0 Å². The maximum absolute atomic E-state index is 12.7. The van der Waals surface area contributed by atoms with Gasteiger partial charge in [0.05, 0.1) is 24.1 Å². The number of carbonyl (C=O) groups is 1. The van der Waals surface area contributed by atoms with Crippen LogP contribution in [-0.4, -0.2) is 63.0 Å². The molecule has 3 heterocycles. The Morgan fingerprint density at radius 2 is 1.94 bits per heavy atom. The van der Waals surface area contributed by atoms with Crippen molar-refractivity contribution in [3.8, 4) is 16.3 Å². The summed E-state index contributed by atoms with van der Waals surface area (Å²) in [6.45, 7) is 10.8. The van der Waals surface area contributed by atoms with Crippen molar-refractivity contribution in [1.82, 2.24) is 25.0 Å². The Balaban J connectivity index is 1.39. The smallest absolute Gasteiger partial charge is 0.270 e. The summed E-state index contributed by atoms with van der Waals surface area (Å²) < 4.78 is 7.65. The molecule has 2 atom stereocenters. The van der Waals surface area contributed by atoms with Gasteiger partial charge in [0.25, 0.3) is 5.91 Å². The van der Waals surface area contributed by atoms with E-state index in [2.05, 4.69) is 48.0 Å². The highest BCUT2D eigenvalue weighted by Crippen LogP contribution is 2.25. The average molecular weight is 440 g/mol. The second-order valence-electron chi connectivity index (χ2n) is 8.70. The van der Waals surface area contributed by atoms with Gasteiger partial charge in [0.1, 0.15) is 10.7 Å². The van der Waals surface area contributed by atoms with Gasteiger partial charge in [-0.25, -0.2) is 9.67 Å². The number of nitrogens with one attached hydrogen (secondary N) is 1. The third-order valence-electron chi connectivity index (χ3n) is 5.54. The summed E-state index contributed by atoms with van der Waals surface area (Å²) >= 11 is 1.45. The van der Waals surface area contributed by atoms with Gasteiger partial charge in [0.15, 0.2) is 0 Å². The van der Waals surface area contributed by atoms with E-state index >= 15 is 0 Å². The van der Waals surface area contributed by atoms with Gasteiger partial charge in [-0.3, -0.25) is 9.69 Å². The summed E-state index contributed by atoms with van der Waals surface area (Å²) in [4.78, 5) is 19.7. The van der Waals surface area contributed by atoms with Crippen LogP contribution in [0.1, 0.15) is 38.2 Å². The fraction of sp³-hybridized carbons (Fsp3) is 0.435. The first-order valence-electron chi connectivity index (χ1n) is 10.6. The van der Waals surface area contributed by atoms with Crippen molar-refractivity contribution < 1.29 is 9.53 Å². The number of aromatic nitrogens is 3. The van der Waals surface area contributed by atoms with E-state index in [-0.39, 0.29) is 23.7 Å². The summed E-state index contributed by atoms with van der Waals surface area (Å²) in [5.74, 6) is -0.152. The maximum atomic E-state index is 12.7. The van der Waals surface area contributed by atoms with Gasteiger partial charge < -0.3 is 10.1 Å². The fourth-order valence-electron chi connectivity index (χ4n) is 3.84. The van der Waals surface area contributed by atoms with Crippen LogP contribution in [0, 0.1) is 0 Å². The second-order valence-corrected chi connectivity index (χ2v) is 9.56. The van der Waals surface area contributed by atoms with Gasteiger partial charge in [-0.1, -0.05) is 18.2 Å². The molecule has 0 radical (unpaired) electrons. The zero-order chi connectivity index (χ0) is 22.0. The molecule has 0 saturated carbocycles. The molecule has 3 aromatic rings. The lowest BCUT2D eigenvalue weighted by Crippen LogP contribution is -2.58. The minimum absolute atomic E-state index is 0.152. The molecule has 1 amide bonds. The van der Waals surface area contributed by atoms with Crippen molar-refractivity contribution in [2.24, 2.45) is 0 Å². The zero-order valence-corrected chi connectivity index (χ0v) is 19.2. The Morgan fingerprint density at radius 1 is 1.23 bits per heavy atom. The number of carbonyl (C=O) groups excluding carboxylic acids is 1. The van der Waals surface area contributed by atoms with Crippen LogP contribution in [0.5, 0.6) is 0 Å².